The van der Waals surface area contributed by atoms with E-state index in [0.717, 1.165) is 103 Å². The molecule has 0 aromatic carbocycles. The molecule has 0 radical (unpaired) electrons. The first-order chi connectivity index (χ1) is 30.5. The highest BCUT2D eigenvalue weighted by molar-refractivity contribution is 5.71. The summed E-state index contributed by atoms with van der Waals surface area (Å²) in [6, 6.07) is 0. The van der Waals surface area contributed by atoms with E-state index < -0.39 is 6.10 Å². The van der Waals surface area contributed by atoms with Crippen LogP contribution in [0.5, 0.6) is 0 Å². The van der Waals surface area contributed by atoms with Crippen molar-refractivity contribution in [1.29, 1.82) is 0 Å². The van der Waals surface area contributed by atoms with Gasteiger partial charge in [-0.15, -0.1) is 0 Å². The van der Waals surface area contributed by atoms with Crippen molar-refractivity contribution in [3.05, 3.63) is 72.9 Å². The molecule has 0 aliphatic heterocycles. The Labute approximate surface area is 382 Å². The van der Waals surface area contributed by atoms with E-state index in [2.05, 4.69) is 93.7 Å². The van der Waals surface area contributed by atoms with E-state index in [0.29, 0.717) is 19.3 Å². The molecule has 356 valence electrons. The van der Waals surface area contributed by atoms with Crippen LogP contribution in [0.25, 0.3) is 0 Å². The van der Waals surface area contributed by atoms with E-state index in [1.165, 1.54) is 103 Å². The van der Waals surface area contributed by atoms with Crippen molar-refractivity contribution in [2.75, 3.05) is 13.2 Å². The van der Waals surface area contributed by atoms with Gasteiger partial charge in [0.15, 0.2) is 6.10 Å². The van der Waals surface area contributed by atoms with E-state index >= 15 is 0 Å². The standard InChI is InChI=1S/C56H96O6/c1-4-7-10-13-16-19-21-23-25-27-28-30-31-33-35-37-40-43-46-49-55(58)61-52-53(51-60-54(57)48-45-42-39-18-15-12-9-6-3)62-56(59)50-47-44-41-38-36-34-32-29-26-24-22-20-17-14-11-8-5-2/h8,11,16-17,19-20,23-26,32,34,53H,4-7,9-10,12-15,18,21-22,27-31,33,35-52H2,1-3H3/b11-8-,19-16-,20-17-,25-23-,26-24-,34-32-. The fourth-order valence-electron chi connectivity index (χ4n) is 7.05. The van der Waals surface area contributed by atoms with Gasteiger partial charge in [0.05, 0.1) is 0 Å². The lowest BCUT2D eigenvalue weighted by Crippen LogP contribution is -2.30. The number of rotatable bonds is 46. The Morgan fingerprint density at radius 1 is 0.339 bits per heavy atom. The van der Waals surface area contributed by atoms with Gasteiger partial charge >= 0.3 is 17.9 Å². The van der Waals surface area contributed by atoms with E-state index in [-0.39, 0.29) is 31.1 Å². The normalized spacial score (nSPS) is 12.6. The second kappa shape index (κ2) is 50.5. The highest BCUT2D eigenvalue weighted by atomic mass is 16.6. The summed E-state index contributed by atoms with van der Waals surface area (Å²) in [6.07, 6.45) is 63.2. The van der Waals surface area contributed by atoms with E-state index in [1.807, 2.05) is 0 Å². The summed E-state index contributed by atoms with van der Waals surface area (Å²) >= 11 is 0. The molecule has 0 N–H and O–H groups in total. The minimum absolute atomic E-state index is 0.0860. The fraction of sp³-hybridized carbons (Fsp3) is 0.732. The molecule has 0 aliphatic carbocycles. The molecule has 0 heterocycles. The predicted molar refractivity (Wildman–Crippen MR) is 265 cm³/mol. The van der Waals surface area contributed by atoms with Gasteiger partial charge in [-0.2, -0.15) is 0 Å². The minimum atomic E-state index is -0.787. The van der Waals surface area contributed by atoms with Crippen molar-refractivity contribution < 1.29 is 28.6 Å². The van der Waals surface area contributed by atoms with Crippen LogP contribution in [0.15, 0.2) is 72.9 Å². The van der Waals surface area contributed by atoms with Crippen LogP contribution < -0.4 is 0 Å². The first-order valence-corrected chi connectivity index (χ1v) is 25.9. The summed E-state index contributed by atoms with van der Waals surface area (Å²) < 4.78 is 16.7. The lowest BCUT2D eigenvalue weighted by molar-refractivity contribution is -0.167. The number of hydrogen-bond acceptors (Lipinski definition) is 6. The highest BCUT2D eigenvalue weighted by Crippen LogP contribution is 2.14. The molecule has 0 aromatic heterocycles. The summed E-state index contributed by atoms with van der Waals surface area (Å²) in [4.78, 5) is 37.9. The van der Waals surface area contributed by atoms with Crippen LogP contribution in [-0.2, 0) is 28.6 Å². The average molecular weight is 865 g/mol. The number of allylic oxidation sites excluding steroid dienone is 12. The number of carbonyl (C=O) groups excluding carboxylic acids is 3. The van der Waals surface area contributed by atoms with Gasteiger partial charge in [-0.3, -0.25) is 14.4 Å². The van der Waals surface area contributed by atoms with Gasteiger partial charge < -0.3 is 14.2 Å². The Morgan fingerprint density at radius 3 is 1.02 bits per heavy atom. The van der Waals surface area contributed by atoms with Gasteiger partial charge in [-0.25, -0.2) is 0 Å². The number of carbonyl (C=O) groups is 3. The zero-order valence-corrected chi connectivity index (χ0v) is 40.6. The van der Waals surface area contributed by atoms with Crippen LogP contribution in [0.1, 0.15) is 245 Å². The molecule has 1 atom stereocenters. The third-order valence-electron chi connectivity index (χ3n) is 10.9. The second-order valence-corrected chi connectivity index (χ2v) is 17.1. The zero-order chi connectivity index (χ0) is 45.1. The number of unbranched alkanes of at least 4 members (excludes halogenated alkanes) is 23. The molecule has 0 amide bonds. The van der Waals surface area contributed by atoms with Crippen molar-refractivity contribution in [2.45, 2.75) is 252 Å². The highest BCUT2D eigenvalue weighted by Gasteiger charge is 2.19. The molecule has 0 aliphatic rings. The van der Waals surface area contributed by atoms with Gasteiger partial charge in [0, 0.05) is 19.3 Å². The minimum Gasteiger partial charge on any atom is -0.462 e. The SMILES string of the molecule is CC/C=C\C/C=C\C/C=C\C/C=C\CCCCCCC(=O)OC(COC(=O)CCCCCCCCCC)COC(=O)CCCCCCCCCCC/C=C\C/C=C\CCCCC. The molecule has 0 aromatic rings. The maximum Gasteiger partial charge on any atom is 0.306 e. The maximum absolute atomic E-state index is 12.8. The summed E-state index contributed by atoms with van der Waals surface area (Å²) in [5.41, 5.74) is 0. The first-order valence-electron chi connectivity index (χ1n) is 25.9. The van der Waals surface area contributed by atoms with E-state index in [4.69, 9.17) is 14.2 Å². The molecule has 0 fully saturated rings. The predicted octanol–water partition coefficient (Wildman–Crippen LogP) is 17.0. The van der Waals surface area contributed by atoms with Crippen LogP contribution in [0, 0.1) is 0 Å². The summed E-state index contributed by atoms with van der Waals surface area (Å²) in [5, 5.41) is 0. The van der Waals surface area contributed by atoms with Crippen LogP contribution in [0.3, 0.4) is 0 Å². The van der Waals surface area contributed by atoms with Gasteiger partial charge in [-0.1, -0.05) is 209 Å². The van der Waals surface area contributed by atoms with Crippen LogP contribution in [-0.4, -0.2) is 37.2 Å². The lowest BCUT2D eigenvalue weighted by Gasteiger charge is -2.18. The Bertz CT molecular complexity index is 1180. The molecule has 0 bridgehead atoms. The largest absolute Gasteiger partial charge is 0.462 e. The number of esters is 3. The van der Waals surface area contributed by atoms with Crippen molar-refractivity contribution >= 4 is 17.9 Å². The lowest BCUT2D eigenvalue weighted by atomic mass is 10.1. The van der Waals surface area contributed by atoms with Gasteiger partial charge in [0.2, 0.25) is 0 Å². The third kappa shape index (κ3) is 47.9. The topological polar surface area (TPSA) is 78.9 Å². The quantitative estimate of drug-likeness (QED) is 0.0262. The van der Waals surface area contributed by atoms with E-state index in [1.54, 1.807) is 0 Å². The van der Waals surface area contributed by atoms with Crippen molar-refractivity contribution in [3.8, 4) is 0 Å². The third-order valence-corrected chi connectivity index (χ3v) is 10.9. The smallest absolute Gasteiger partial charge is 0.306 e. The summed E-state index contributed by atoms with van der Waals surface area (Å²) in [7, 11) is 0. The van der Waals surface area contributed by atoms with Crippen LogP contribution >= 0.6 is 0 Å². The van der Waals surface area contributed by atoms with Gasteiger partial charge in [0.1, 0.15) is 13.2 Å². The Balaban J connectivity index is 4.33. The summed E-state index contributed by atoms with van der Waals surface area (Å²) in [6.45, 7) is 6.45. The summed E-state index contributed by atoms with van der Waals surface area (Å²) in [5.74, 6) is -0.917. The molecule has 0 saturated carbocycles. The fourth-order valence-corrected chi connectivity index (χ4v) is 7.05. The Kier molecular flexibility index (Phi) is 47.9. The molecule has 62 heavy (non-hydrogen) atoms. The van der Waals surface area contributed by atoms with Gasteiger partial charge in [0.25, 0.3) is 0 Å². The Morgan fingerprint density at radius 2 is 0.629 bits per heavy atom. The van der Waals surface area contributed by atoms with Crippen molar-refractivity contribution in [2.24, 2.45) is 0 Å². The maximum atomic E-state index is 12.8. The van der Waals surface area contributed by atoms with E-state index in [9.17, 15) is 14.4 Å². The molecular formula is C56H96O6. The molecule has 0 spiro atoms. The average Bonchev–Trinajstić information content (AvgIpc) is 3.27. The van der Waals surface area contributed by atoms with Gasteiger partial charge in [-0.05, 0) is 89.9 Å². The molecule has 6 nitrogen and oxygen atoms in total. The first kappa shape index (κ1) is 58.9. The van der Waals surface area contributed by atoms with Crippen LogP contribution in [0.2, 0.25) is 0 Å². The van der Waals surface area contributed by atoms with Crippen LogP contribution in [0.4, 0.5) is 0 Å². The molecule has 1 unspecified atom stereocenters. The van der Waals surface area contributed by atoms with Crippen molar-refractivity contribution in [3.63, 3.8) is 0 Å². The van der Waals surface area contributed by atoms with Crippen molar-refractivity contribution in [1.82, 2.24) is 0 Å². The molecular weight excluding hydrogens is 769 g/mol. The molecule has 0 rings (SSSR count). The zero-order valence-electron chi connectivity index (χ0n) is 40.6. The number of hydrogen-bond donors (Lipinski definition) is 0. The molecule has 0 saturated heterocycles. The number of ether oxygens (including phenoxy) is 3. The second-order valence-electron chi connectivity index (χ2n) is 17.1. The molecule has 6 heteroatoms. The Hall–Kier alpha value is -3.15. The monoisotopic (exact) mass is 865 g/mol.